The number of carbonyl (C=O) groups excluding carboxylic acids is 1. The third kappa shape index (κ3) is 3.40. The van der Waals surface area contributed by atoms with E-state index in [-0.39, 0.29) is 0 Å². The van der Waals surface area contributed by atoms with Crippen LogP contribution >= 0.6 is 0 Å². The molecule has 106 valence electrons. The van der Waals surface area contributed by atoms with Crippen molar-refractivity contribution >= 4 is 5.91 Å². The van der Waals surface area contributed by atoms with Crippen LogP contribution in [0.25, 0.3) is 0 Å². The van der Waals surface area contributed by atoms with Gasteiger partial charge in [0, 0.05) is 13.0 Å². The van der Waals surface area contributed by atoms with Gasteiger partial charge in [0.05, 0.1) is 0 Å². The molecule has 3 aliphatic carbocycles. The fourth-order valence-electron chi connectivity index (χ4n) is 4.43. The van der Waals surface area contributed by atoms with Crippen LogP contribution < -0.4 is 5.32 Å². The molecule has 0 aromatic carbocycles. The van der Waals surface area contributed by atoms with Crippen LogP contribution in [0.2, 0.25) is 0 Å². The first kappa shape index (κ1) is 13.2. The van der Waals surface area contributed by atoms with E-state index < -0.39 is 0 Å². The fourth-order valence-corrected chi connectivity index (χ4v) is 4.43. The number of amides is 1. The maximum absolute atomic E-state index is 12.0. The number of allylic oxidation sites excluding steroid dienone is 1. The van der Waals surface area contributed by atoms with Gasteiger partial charge in [0.25, 0.3) is 0 Å². The van der Waals surface area contributed by atoms with Crippen molar-refractivity contribution < 1.29 is 4.79 Å². The molecule has 2 nitrogen and oxygen atoms in total. The summed E-state index contributed by atoms with van der Waals surface area (Å²) < 4.78 is 0. The molecule has 0 saturated heterocycles. The summed E-state index contributed by atoms with van der Waals surface area (Å²) in [5, 5.41) is 3.14. The normalized spacial score (nSPS) is 33.3. The van der Waals surface area contributed by atoms with Gasteiger partial charge in [0.1, 0.15) is 0 Å². The quantitative estimate of drug-likeness (QED) is 0.749. The molecule has 1 amide bonds. The molecule has 0 aromatic rings. The SMILES string of the molecule is O=C(C[C@H]1C[C@H]2CC[C@@H]1C2)NCCC1=CCCCC1. The second-order valence-electron chi connectivity index (χ2n) is 6.85. The zero-order valence-electron chi connectivity index (χ0n) is 12.0. The highest BCUT2D eigenvalue weighted by Gasteiger charge is 2.39. The van der Waals surface area contributed by atoms with Crippen LogP contribution in [0, 0.1) is 17.8 Å². The van der Waals surface area contributed by atoms with Crippen molar-refractivity contribution in [2.45, 2.75) is 64.2 Å². The van der Waals surface area contributed by atoms with Gasteiger partial charge in [-0.15, -0.1) is 0 Å². The van der Waals surface area contributed by atoms with Crippen LogP contribution in [0.5, 0.6) is 0 Å². The molecule has 3 aliphatic rings. The molecule has 0 aliphatic heterocycles. The van der Waals surface area contributed by atoms with E-state index in [2.05, 4.69) is 11.4 Å². The number of nitrogens with one attached hydrogen (secondary N) is 1. The van der Waals surface area contributed by atoms with E-state index in [1.165, 1.54) is 51.4 Å². The van der Waals surface area contributed by atoms with Crippen LogP contribution in [0.4, 0.5) is 0 Å². The Hall–Kier alpha value is -0.790. The number of rotatable bonds is 5. The third-order valence-electron chi connectivity index (χ3n) is 5.49. The minimum absolute atomic E-state index is 0.300. The van der Waals surface area contributed by atoms with Crippen molar-refractivity contribution in [1.82, 2.24) is 5.32 Å². The number of carbonyl (C=O) groups is 1. The van der Waals surface area contributed by atoms with E-state index in [1.807, 2.05) is 0 Å². The number of hydrogen-bond donors (Lipinski definition) is 1. The summed E-state index contributed by atoms with van der Waals surface area (Å²) in [7, 11) is 0. The molecular weight excluding hydrogens is 234 g/mol. The van der Waals surface area contributed by atoms with E-state index >= 15 is 0 Å². The first-order chi connectivity index (χ1) is 9.31. The Morgan fingerprint density at radius 1 is 1.26 bits per heavy atom. The zero-order valence-corrected chi connectivity index (χ0v) is 12.0. The van der Waals surface area contributed by atoms with Gasteiger partial charge in [-0.05, 0) is 69.1 Å². The second-order valence-corrected chi connectivity index (χ2v) is 6.85. The van der Waals surface area contributed by atoms with Crippen LogP contribution in [-0.2, 0) is 4.79 Å². The van der Waals surface area contributed by atoms with Crippen molar-refractivity contribution in [2.24, 2.45) is 17.8 Å². The van der Waals surface area contributed by atoms with Crippen molar-refractivity contribution in [3.05, 3.63) is 11.6 Å². The highest BCUT2D eigenvalue weighted by atomic mass is 16.1. The molecule has 3 rings (SSSR count). The van der Waals surface area contributed by atoms with Gasteiger partial charge >= 0.3 is 0 Å². The predicted octanol–water partition coefficient (Wildman–Crippen LogP) is 3.82. The van der Waals surface area contributed by atoms with E-state index in [0.717, 1.165) is 31.2 Å². The molecule has 0 unspecified atom stereocenters. The molecular formula is C17H27NO. The van der Waals surface area contributed by atoms with E-state index in [1.54, 1.807) is 5.57 Å². The average molecular weight is 261 g/mol. The van der Waals surface area contributed by atoms with Crippen LogP contribution in [-0.4, -0.2) is 12.5 Å². The Kier molecular flexibility index (Phi) is 4.24. The molecule has 1 N–H and O–H groups in total. The van der Waals surface area contributed by atoms with E-state index in [9.17, 15) is 4.79 Å². The average Bonchev–Trinajstić information content (AvgIpc) is 3.02. The van der Waals surface area contributed by atoms with Gasteiger partial charge in [0.15, 0.2) is 0 Å². The molecule has 0 aromatic heterocycles. The summed E-state index contributed by atoms with van der Waals surface area (Å²) in [6, 6.07) is 0. The maximum Gasteiger partial charge on any atom is 0.220 e. The molecule has 19 heavy (non-hydrogen) atoms. The maximum atomic E-state index is 12.0. The molecule has 2 saturated carbocycles. The van der Waals surface area contributed by atoms with Gasteiger partial charge in [-0.1, -0.05) is 18.1 Å². The fraction of sp³-hybridized carbons (Fsp3) is 0.824. The first-order valence-electron chi connectivity index (χ1n) is 8.26. The summed E-state index contributed by atoms with van der Waals surface area (Å²) >= 11 is 0. The molecule has 3 atom stereocenters. The van der Waals surface area contributed by atoms with Crippen molar-refractivity contribution in [3.63, 3.8) is 0 Å². The second kappa shape index (κ2) is 6.11. The Bertz CT molecular complexity index is 360. The van der Waals surface area contributed by atoms with Crippen molar-refractivity contribution in [3.8, 4) is 0 Å². The lowest BCUT2D eigenvalue weighted by Crippen LogP contribution is -2.28. The Balaban J connectivity index is 1.34. The molecule has 2 fully saturated rings. The minimum Gasteiger partial charge on any atom is -0.356 e. The van der Waals surface area contributed by atoms with E-state index in [0.29, 0.717) is 11.8 Å². The summed E-state index contributed by atoms with van der Waals surface area (Å²) in [5.41, 5.74) is 1.56. The van der Waals surface area contributed by atoms with Gasteiger partial charge < -0.3 is 5.32 Å². The summed E-state index contributed by atoms with van der Waals surface area (Å²) in [6.45, 7) is 0.853. The molecule has 2 heteroatoms. The summed E-state index contributed by atoms with van der Waals surface area (Å²) in [6.07, 6.45) is 15.0. The predicted molar refractivity (Wildman–Crippen MR) is 77.7 cm³/mol. The van der Waals surface area contributed by atoms with Crippen LogP contribution in [0.1, 0.15) is 64.2 Å². The standard InChI is InChI=1S/C17H27NO/c19-17(12-16-11-14-6-7-15(16)10-14)18-9-8-13-4-2-1-3-5-13/h4,14-16H,1-3,5-12H2,(H,18,19)/t14-,15+,16+/m0/s1. The van der Waals surface area contributed by atoms with Gasteiger partial charge in [0.2, 0.25) is 5.91 Å². The Labute approximate surface area is 117 Å². The Morgan fingerprint density at radius 2 is 2.21 bits per heavy atom. The summed E-state index contributed by atoms with van der Waals surface area (Å²) in [5.74, 6) is 2.83. The van der Waals surface area contributed by atoms with Crippen LogP contribution in [0.15, 0.2) is 11.6 Å². The molecule has 0 heterocycles. The topological polar surface area (TPSA) is 29.1 Å². The van der Waals surface area contributed by atoms with Gasteiger partial charge in [-0.25, -0.2) is 0 Å². The highest BCUT2D eigenvalue weighted by Crippen LogP contribution is 2.49. The van der Waals surface area contributed by atoms with E-state index in [4.69, 9.17) is 0 Å². The third-order valence-corrected chi connectivity index (χ3v) is 5.49. The smallest absolute Gasteiger partial charge is 0.220 e. The lowest BCUT2D eigenvalue weighted by atomic mass is 9.86. The first-order valence-corrected chi connectivity index (χ1v) is 8.26. The Morgan fingerprint density at radius 3 is 2.89 bits per heavy atom. The van der Waals surface area contributed by atoms with Crippen LogP contribution in [0.3, 0.4) is 0 Å². The zero-order chi connectivity index (χ0) is 13.1. The monoisotopic (exact) mass is 261 g/mol. The molecule has 0 spiro atoms. The largest absolute Gasteiger partial charge is 0.356 e. The van der Waals surface area contributed by atoms with Gasteiger partial charge in [-0.3, -0.25) is 4.79 Å². The number of fused-ring (bicyclic) bond motifs is 2. The molecule has 0 radical (unpaired) electrons. The lowest BCUT2D eigenvalue weighted by molar-refractivity contribution is -0.122. The number of hydrogen-bond acceptors (Lipinski definition) is 1. The summed E-state index contributed by atoms with van der Waals surface area (Å²) in [4.78, 5) is 12.0. The highest BCUT2D eigenvalue weighted by molar-refractivity contribution is 5.76. The lowest BCUT2D eigenvalue weighted by Gasteiger charge is -2.21. The molecule has 2 bridgehead atoms. The van der Waals surface area contributed by atoms with Gasteiger partial charge in [-0.2, -0.15) is 0 Å². The van der Waals surface area contributed by atoms with Crippen molar-refractivity contribution in [1.29, 1.82) is 0 Å². The van der Waals surface area contributed by atoms with Crippen molar-refractivity contribution in [2.75, 3.05) is 6.54 Å². The minimum atomic E-state index is 0.300.